The first-order chi connectivity index (χ1) is 44.5. The maximum absolute atomic E-state index is 13.6. The molecule has 3 fully saturated rings. The van der Waals surface area contributed by atoms with Gasteiger partial charge in [0.05, 0.1) is 65.7 Å². The monoisotopic (exact) mass is 1660 g/mol. The zero-order valence-corrected chi connectivity index (χ0v) is 59.2. The molecule has 3 aliphatic carbocycles. The van der Waals surface area contributed by atoms with Crippen LogP contribution in [0.2, 0.25) is 0 Å². The number of nitrogens with zero attached hydrogens (tertiary/aromatic N) is 13. The SMILES string of the molecule is CS(=N)(=O)CCNc1nonc1-c1noc(=O)n1-c1ccc(F)c(Br)c1.CS(=O)(CCNc1nonc1-c1noc(=O)n1-c1ccc(F)c(Br)c1)=NS(=O)(=O)C1CC1.CS(=O)(CCNc1nonc1C(=Nc1ccc(F)c(Br)c1)NO)=NS(=O)(=O)C1CC1.O=S(=O)(Cl)C1CC1. The second-order valence-corrected chi connectivity index (χ2v) is 37.7. The molecular weight excluding hydrogens is 1610 g/mol. The van der Waals surface area contributed by atoms with Gasteiger partial charge < -0.3 is 16.0 Å². The lowest BCUT2D eigenvalue weighted by Crippen LogP contribution is -2.23. The number of nitrogens with one attached hydrogen (secondary N) is 5. The number of anilines is 3. The van der Waals surface area contributed by atoms with Gasteiger partial charge in [-0.15, -0.1) is 7.54 Å². The molecule has 8 aromatic rings. The van der Waals surface area contributed by atoms with E-state index in [1.165, 1.54) is 67.3 Å². The molecular formula is C47H51Br3ClF3N18O17S6. The Morgan fingerprint density at radius 3 is 1.35 bits per heavy atom. The number of hydroxylamine groups is 1. The molecule has 0 radical (unpaired) electrons. The highest BCUT2D eigenvalue weighted by Gasteiger charge is 2.38. The molecule has 6 N–H and O–H groups in total. The van der Waals surface area contributed by atoms with Crippen LogP contribution in [0.15, 0.2) is 113 Å². The number of amidine groups is 1. The van der Waals surface area contributed by atoms with E-state index in [1.807, 2.05) is 5.48 Å². The van der Waals surface area contributed by atoms with Crippen LogP contribution in [-0.2, 0) is 58.3 Å². The fourth-order valence-corrected chi connectivity index (χ4v) is 17.8. The first-order valence-corrected chi connectivity index (χ1v) is 40.9. The molecule has 0 bridgehead atoms. The second-order valence-electron chi connectivity index (χ2n) is 20.5. The summed E-state index contributed by atoms with van der Waals surface area (Å²) in [5.74, 6) is -3.23. The summed E-state index contributed by atoms with van der Waals surface area (Å²) in [6.07, 6.45) is 7.48. The van der Waals surface area contributed by atoms with Gasteiger partial charge in [-0.2, -0.15) is 0 Å². The number of hydrogen-bond donors (Lipinski definition) is 6. The van der Waals surface area contributed by atoms with Crippen LogP contribution in [0.3, 0.4) is 0 Å². The normalized spacial score (nSPS) is 16.0. The first kappa shape index (κ1) is 73.8. The number of aromatic nitrogens is 10. The van der Waals surface area contributed by atoms with E-state index in [9.17, 15) is 65.8 Å². The minimum atomic E-state index is -3.74. The van der Waals surface area contributed by atoms with E-state index in [0.717, 1.165) is 28.0 Å². The predicted molar refractivity (Wildman–Crippen MR) is 347 cm³/mol. The molecule has 0 spiro atoms. The van der Waals surface area contributed by atoms with Gasteiger partial charge in [0.25, 0.3) is 20.0 Å². The smallest absolute Gasteiger partial charge is 0.364 e. The van der Waals surface area contributed by atoms with E-state index in [2.05, 4.69) is 127 Å². The van der Waals surface area contributed by atoms with E-state index in [4.69, 9.17) is 29.1 Å². The number of benzene rings is 3. The molecule has 35 nitrogen and oxygen atoms in total. The van der Waals surface area contributed by atoms with Gasteiger partial charge >= 0.3 is 11.5 Å². The lowest BCUT2D eigenvalue weighted by Gasteiger charge is -2.07. The van der Waals surface area contributed by atoms with Gasteiger partial charge in [0.2, 0.25) is 38.2 Å². The molecule has 0 amide bonds. The van der Waals surface area contributed by atoms with E-state index in [1.54, 1.807) is 0 Å². The first-order valence-electron chi connectivity index (χ1n) is 26.8. The Balaban J connectivity index is 0.000000174. The summed E-state index contributed by atoms with van der Waals surface area (Å²) >= 11 is 9.14. The summed E-state index contributed by atoms with van der Waals surface area (Å²) in [4.78, 5) is 28.4. The summed E-state index contributed by atoms with van der Waals surface area (Å²) in [7, 11) is -14.4. The van der Waals surface area contributed by atoms with Gasteiger partial charge in [0, 0.05) is 76.1 Å². The van der Waals surface area contributed by atoms with Crippen molar-refractivity contribution in [1.82, 2.24) is 55.9 Å². The third-order valence-corrected chi connectivity index (χ3v) is 26.1. The van der Waals surface area contributed by atoms with Crippen LogP contribution in [0.4, 0.5) is 36.3 Å². The molecule has 95 heavy (non-hydrogen) atoms. The second kappa shape index (κ2) is 30.6. The number of hydrogen-bond acceptors (Lipinski definition) is 30. The van der Waals surface area contributed by atoms with Crippen molar-refractivity contribution in [3.8, 4) is 34.4 Å². The average Bonchev–Trinajstić information content (AvgIpc) is 1.68. The molecule has 0 saturated heterocycles. The van der Waals surface area contributed by atoms with Gasteiger partial charge in [0.15, 0.2) is 22.9 Å². The molecule has 5 aromatic heterocycles. The maximum Gasteiger partial charge on any atom is 0.446 e. The van der Waals surface area contributed by atoms with Gasteiger partial charge in [-0.1, -0.05) is 10.3 Å². The molecule has 0 aliphatic heterocycles. The summed E-state index contributed by atoms with van der Waals surface area (Å²) in [6.45, 7) is 0.232. The van der Waals surface area contributed by atoms with Crippen molar-refractivity contribution in [3.05, 3.63) is 112 Å². The minimum Gasteiger partial charge on any atom is -0.364 e. The van der Waals surface area contributed by atoms with Gasteiger partial charge in [-0.05, 0) is 172 Å². The molecule has 3 atom stereocenters. The Morgan fingerprint density at radius 2 is 0.968 bits per heavy atom. The van der Waals surface area contributed by atoms with E-state index in [-0.39, 0.29) is 119 Å². The average molecular weight is 1660 g/mol. The topological polar surface area (TPSA) is 496 Å². The Kier molecular flexibility index (Phi) is 23.8. The minimum absolute atomic E-state index is 0.00133. The number of halogens is 7. The van der Waals surface area contributed by atoms with Crippen LogP contribution in [0, 0.1) is 22.2 Å². The third kappa shape index (κ3) is 20.8. The Labute approximate surface area is 566 Å². The summed E-state index contributed by atoms with van der Waals surface area (Å²) in [5, 5.41) is 46.0. The van der Waals surface area contributed by atoms with Gasteiger partial charge in [0.1, 0.15) is 17.5 Å². The van der Waals surface area contributed by atoms with Crippen molar-refractivity contribution < 1.29 is 79.2 Å². The number of sulfonamides is 2. The zero-order valence-electron chi connectivity index (χ0n) is 48.8. The lowest BCUT2D eigenvalue weighted by atomic mass is 10.3. The van der Waals surface area contributed by atoms with Crippen LogP contribution < -0.4 is 32.9 Å². The molecule has 3 unspecified atom stereocenters. The third-order valence-electron chi connectivity index (χ3n) is 12.6. The molecule has 3 aliphatic rings. The van der Waals surface area contributed by atoms with Crippen molar-refractivity contribution in [2.24, 2.45) is 12.5 Å². The Hall–Kier alpha value is -6.99. The van der Waals surface area contributed by atoms with E-state index in [0.29, 0.717) is 31.4 Å². The lowest BCUT2D eigenvalue weighted by molar-refractivity contribution is 0.234. The Bertz CT molecular complexity index is 5040. The number of rotatable bonds is 23. The van der Waals surface area contributed by atoms with Gasteiger partial charge in [-0.25, -0.2) is 84.4 Å². The molecule has 5 heterocycles. The highest BCUT2D eigenvalue weighted by Crippen LogP contribution is 2.33. The van der Waals surface area contributed by atoms with Crippen LogP contribution in [0.5, 0.6) is 0 Å². The molecule has 48 heteroatoms. The van der Waals surface area contributed by atoms with Crippen LogP contribution in [-0.4, -0.2) is 171 Å². The summed E-state index contributed by atoms with van der Waals surface area (Å²) in [6, 6.07) is 11.7. The van der Waals surface area contributed by atoms with E-state index >= 15 is 0 Å². The van der Waals surface area contributed by atoms with E-state index < -0.39 is 97.7 Å². The van der Waals surface area contributed by atoms with Crippen molar-refractivity contribution in [1.29, 1.82) is 4.78 Å². The molecule has 516 valence electrons. The fourth-order valence-electron chi connectivity index (χ4n) is 7.48. The molecule has 11 rings (SSSR count). The highest BCUT2D eigenvalue weighted by atomic mass is 79.9. The van der Waals surface area contributed by atoms with Crippen molar-refractivity contribution in [2.45, 2.75) is 54.3 Å². The quantitative estimate of drug-likeness (QED) is 0.0175. The standard InChI is InChI=1S/C16H16BrFN6O6S2.C15H18BrFN6O5S2.C13H12BrFN6O4S.C3H5ClO2S/c1-31(26,23-32(27,28)10-3-4-10)7-6-19-14-13(20-30-21-14)15-22-29-16(25)24(15)9-2-5-12(18)11(17)8-9;1-29(25,23-30(26,27)10-3-4-10)7-6-18-14-13(21-28-22-14)15(20-24)19-9-2-5-12(17)11(16)8-9;1-26(16,23)5-4-17-11-10(18-25-19-11)12-20-24-13(22)21(12)7-2-3-9(15)8(14)6-7;4-7(5,6)3-1-2-3/h2,5,8,10H,3-4,6-7H2,1H3,(H,19,21);2,5,8,10,24H,3-4,6-7H2,1H3,(H,18,22)(H,19,20);2-3,6,16H,4-5H2,1H3,(H,17,19);3H,1-2H2. The van der Waals surface area contributed by atoms with Crippen LogP contribution >= 0.6 is 58.5 Å². The summed E-state index contributed by atoms with van der Waals surface area (Å²) < 4.78 is 186. The highest BCUT2D eigenvalue weighted by molar-refractivity contribution is 9.11. The Morgan fingerprint density at radius 1 is 0.579 bits per heavy atom. The maximum atomic E-state index is 13.6. The zero-order chi connectivity index (χ0) is 69.4. The fraction of sp³-hybridized carbons (Fsp3) is 0.383. The van der Waals surface area contributed by atoms with Gasteiger partial charge in [-0.3, -0.25) is 28.7 Å². The largest absolute Gasteiger partial charge is 0.446 e. The van der Waals surface area contributed by atoms with Crippen molar-refractivity contribution in [3.63, 3.8) is 0 Å². The number of aliphatic imine (C=N–C) groups is 1. The molecule has 3 saturated carbocycles. The summed E-state index contributed by atoms with van der Waals surface area (Å²) in [5.41, 5.74) is 2.78. The van der Waals surface area contributed by atoms with Crippen LogP contribution in [0.25, 0.3) is 34.4 Å². The van der Waals surface area contributed by atoms with Crippen LogP contribution in [0.1, 0.15) is 44.2 Å². The van der Waals surface area contributed by atoms with Crippen molar-refractivity contribution in [2.75, 3.05) is 71.6 Å². The van der Waals surface area contributed by atoms with Crippen molar-refractivity contribution >= 4 is 146 Å². The predicted octanol–water partition coefficient (Wildman–Crippen LogP) is 6.39. The molecule has 3 aromatic carbocycles.